The lowest BCUT2D eigenvalue weighted by Crippen LogP contribution is -2.01. The molecule has 5 heteroatoms. The summed E-state index contributed by atoms with van der Waals surface area (Å²) in [6.45, 7) is 0. The van der Waals surface area contributed by atoms with Gasteiger partial charge in [-0.05, 0) is 24.3 Å². The predicted molar refractivity (Wildman–Crippen MR) is 79.5 cm³/mol. The van der Waals surface area contributed by atoms with Gasteiger partial charge in [0, 0.05) is 23.2 Å². The van der Waals surface area contributed by atoms with E-state index in [1.807, 2.05) is 0 Å². The second-order valence-corrected chi connectivity index (χ2v) is 4.48. The number of benzene rings is 2. The van der Waals surface area contributed by atoms with Crippen LogP contribution in [0.15, 0.2) is 42.5 Å². The molecule has 0 saturated heterocycles. The highest BCUT2D eigenvalue weighted by atomic mass is 35.5. The zero-order valence-corrected chi connectivity index (χ0v) is 11.9. The first-order valence-electron chi connectivity index (χ1n) is 5.93. The van der Waals surface area contributed by atoms with Crippen LogP contribution in [0.4, 0.5) is 5.69 Å². The third kappa shape index (κ3) is 3.22. The summed E-state index contributed by atoms with van der Waals surface area (Å²) in [4.78, 5) is 0. The Labute approximate surface area is 122 Å². The van der Waals surface area contributed by atoms with Crippen LogP contribution in [0.25, 0.3) is 0 Å². The Kier molecular flexibility index (Phi) is 4.48. The minimum atomic E-state index is 0.493. The molecule has 0 aliphatic rings. The van der Waals surface area contributed by atoms with E-state index in [0.29, 0.717) is 27.8 Å². The standard InChI is InChI=1S/C15H14ClNO3/c1-19-14-8-3-11(15(9-14)20-2)10-17(18)13-6-4-12(16)5-7-13/h3-10H,1-2H3/b17-10-. The largest absolute Gasteiger partial charge is 0.618 e. The number of hydrogen-bond donors (Lipinski definition) is 0. The summed E-state index contributed by atoms with van der Waals surface area (Å²) in [6.07, 6.45) is 1.45. The summed E-state index contributed by atoms with van der Waals surface area (Å²) < 4.78 is 11.1. The first-order valence-corrected chi connectivity index (χ1v) is 6.30. The van der Waals surface area contributed by atoms with Crippen molar-refractivity contribution in [2.24, 2.45) is 0 Å². The van der Waals surface area contributed by atoms with Gasteiger partial charge in [-0.15, -0.1) is 0 Å². The highest BCUT2D eigenvalue weighted by molar-refractivity contribution is 6.30. The molecule has 4 nitrogen and oxygen atoms in total. The molecule has 104 valence electrons. The molecule has 0 radical (unpaired) electrons. The summed E-state index contributed by atoms with van der Waals surface area (Å²) in [6, 6.07) is 11.9. The molecule has 0 saturated carbocycles. The molecule has 0 heterocycles. The van der Waals surface area contributed by atoms with Gasteiger partial charge >= 0.3 is 0 Å². The first kappa shape index (κ1) is 14.2. The van der Waals surface area contributed by atoms with Gasteiger partial charge in [-0.25, -0.2) is 0 Å². The van der Waals surface area contributed by atoms with Crippen LogP contribution in [0.1, 0.15) is 5.56 Å². The van der Waals surface area contributed by atoms with Gasteiger partial charge in [0.05, 0.1) is 19.8 Å². The lowest BCUT2D eigenvalue weighted by molar-refractivity contribution is -0.354. The average Bonchev–Trinajstić information content (AvgIpc) is 2.48. The Balaban J connectivity index is 2.36. The Morgan fingerprint density at radius 1 is 1.05 bits per heavy atom. The van der Waals surface area contributed by atoms with Gasteiger partial charge in [0.25, 0.3) is 0 Å². The van der Waals surface area contributed by atoms with E-state index in [1.54, 1.807) is 56.7 Å². The van der Waals surface area contributed by atoms with Crippen molar-refractivity contribution >= 4 is 23.5 Å². The minimum absolute atomic E-state index is 0.493. The van der Waals surface area contributed by atoms with Crippen LogP contribution in [0.3, 0.4) is 0 Å². The van der Waals surface area contributed by atoms with E-state index in [0.717, 1.165) is 4.74 Å². The van der Waals surface area contributed by atoms with E-state index in [-0.39, 0.29) is 0 Å². The van der Waals surface area contributed by atoms with Crippen molar-refractivity contribution in [3.63, 3.8) is 0 Å². The third-order valence-corrected chi connectivity index (χ3v) is 3.03. The molecule has 0 atom stereocenters. The second kappa shape index (κ2) is 6.30. The molecule has 0 aliphatic carbocycles. The van der Waals surface area contributed by atoms with Gasteiger partial charge in [-0.1, -0.05) is 11.6 Å². The summed E-state index contributed by atoms with van der Waals surface area (Å²) in [5.41, 5.74) is 1.16. The summed E-state index contributed by atoms with van der Waals surface area (Å²) in [7, 11) is 3.12. The Morgan fingerprint density at radius 2 is 1.75 bits per heavy atom. The second-order valence-electron chi connectivity index (χ2n) is 4.04. The topological polar surface area (TPSA) is 44.5 Å². The molecule has 2 aromatic rings. The maximum atomic E-state index is 12.1. The average molecular weight is 292 g/mol. The predicted octanol–water partition coefficient (Wildman–Crippen LogP) is 3.62. The summed E-state index contributed by atoms with van der Waals surface area (Å²) >= 11 is 5.79. The lowest BCUT2D eigenvalue weighted by atomic mass is 10.2. The van der Waals surface area contributed by atoms with Crippen LogP contribution in [0, 0.1) is 5.21 Å². The molecule has 0 amide bonds. The van der Waals surface area contributed by atoms with E-state index in [2.05, 4.69) is 0 Å². The van der Waals surface area contributed by atoms with E-state index >= 15 is 0 Å². The number of ether oxygens (including phenoxy) is 2. The normalized spacial score (nSPS) is 11.2. The monoisotopic (exact) mass is 291 g/mol. The molecule has 0 N–H and O–H groups in total. The van der Waals surface area contributed by atoms with E-state index < -0.39 is 0 Å². The van der Waals surface area contributed by atoms with Crippen LogP contribution in [-0.4, -0.2) is 25.2 Å². The van der Waals surface area contributed by atoms with Crippen LogP contribution < -0.4 is 9.47 Å². The Hall–Kier alpha value is -2.20. The van der Waals surface area contributed by atoms with Gasteiger partial charge in [-0.2, -0.15) is 4.74 Å². The molecule has 2 rings (SSSR count). The number of hydrogen-bond acceptors (Lipinski definition) is 3. The van der Waals surface area contributed by atoms with Crippen molar-refractivity contribution in [2.45, 2.75) is 0 Å². The van der Waals surface area contributed by atoms with Crippen molar-refractivity contribution in [2.75, 3.05) is 14.2 Å². The first-order chi connectivity index (χ1) is 9.63. The fourth-order valence-electron chi connectivity index (χ4n) is 1.71. The van der Waals surface area contributed by atoms with Gasteiger partial charge < -0.3 is 14.7 Å². The number of methoxy groups -OCH3 is 2. The number of halogens is 1. The molecule has 20 heavy (non-hydrogen) atoms. The fourth-order valence-corrected chi connectivity index (χ4v) is 1.84. The quantitative estimate of drug-likeness (QED) is 0.374. The molecule has 0 bridgehead atoms. The molecule has 0 aromatic heterocycles. The molecular formula is C15H14ClNO3. The number of rotatable bonds is 4. The van der Waals surface area contributed by atoms with Gasteiger partial charge in [-0.3, -0.25) is 0 Å². The van der Waals surface area contributed by atoms with Crippen molar-refractivity contribution in [3.05, 3.63) is 58.3 Å². The van der Waals surface area contributed by atoms with Gasteiger partial charge in [0.15, 0.2) is 6.21 Å². The SMILES string of the molecule is COc1ccc(/C=[N+](\[O-])c2ccc(Cl)cc2)c(OC)c1. The smallest absolute Gasteiger partial charge is 0.216 e. The maximum absolute atomic E-state index is 12.1. The van der Waals surface area contributed by atoms with E-state index in [9.17, 15) is 5.21 Å². The van der Waals surface area contributed by atoms with Gasteiger partial charge in [0.2, 0.25) is 5.69 Å². The van der Waals surface area contributed by atoms with E-state index in [1.165, 1.54) is 6.21 Å². The van der Waals surface area contributed by atoms with Crippen molar-refractivity contribution in [3.8, 4) is 11.5 Å². The highest BCUT2D eigenvalue weighted by Crippen LogP contribution is 2.24. The van der Waals surface area contributed by atoms with Crippen molar-refractivity contribution in [1.82, 2.24) is 0 Å². The summed E-state index contributed by atoms with van der Waals surface area (Å²) in [5, 5.41) is 12.7. The van der Waals surface area contributed by atoms with Gasteiger partial charge in [0.1, 0.15) is 11.5 Å². The van der Waals surface area contributed by atoms with Crippen LogP contribution in [-0.2, 0) is 0 Å². The molecule has 0 spiro atoms. The summed E-state index contributed by atoms with van der Waals surface area (Å²) in [5.74, 6) is 1.24. The lowest BCUT2D eigenvalue weighted by Gasteiger charge is -2.08. The van der Waals surface area contributed by atoms with Crippen LogP contribution in [0.2, 0.25) is 5.02 Å². The maximum Gasteiger partial charge on any atom is 0.216 e. The molecular weight excluding hydrogens is 278 g/mol. The van der Waals surface area contributed by atoms with Crippen molar-refractivity contribution in [1.29, 1.82) is 0 Å². The van der Waals surface area contributed by atoms with Crippen LogP contribution in [0.5, 0.6) is 11.5 Å². The van der Waals surface area contributed by atoms with E-state index in [4.69, 9.17) is 21.1 Å². The zero-order valence-electron chi connectivity index (χ0n) is 11.2. The third-order valence-electron chi connectivity index (χ3n) is 2.78. The minimum Gasteiger partial charge on any atom is -0.618 e. The van der Waals surface area contributed by atoms with Crippen LogP contribution >= 0.6 is 11.6 Å². The van der Waals surface area contributed by atoms with Crippen molar-refractivity contribution < 1.29 is 14.2 Å². The molecule has 2 aromatic carbocycles. The highest BCUT2D eigenvalue weighted by Gasteiger charge is 2.08. The zero-order chi connectivity index (χ0) is 14.5. The fraction of sp³-hybridized carbons (Fsp3) is 0.133. The molecule has 0 fully saturated rings. The molecule has 0 unspecified atom stereocenters. The Morgan fingerprint density at radius 3 is 2.35 bits per heavy atom. The molecule has 0 aliphatic heterocycles. The number of nitrogens with zero attached hydrogens (tertiary/aromatic N) is 1. The Bertz CT molecular complexity index is 624.